The zero-order valence-electron chi connectivity index (χ0n) is 15.4. The number of aromatic nitrogens is 1. The van der Waals surface area contributed by atoms with Crippen LogP contribution in [0.5, 0.6) is 5.75 Å². The van der Waals surface area contributed by atoms with Crippen molar-refractivity contribution in [3.63, 3.8) is 0 Å². The van der Waals surface area contributed by atoms with Gasteiger partial charge in [0.05, 0.1) is 12.5 Å². The fourth-order valence-corrected chi connectivity index (χ4v) is 3.51. The van der Waals surface area contributed by atoms with Crippen LogP contribution in [0.2, 0.25) is 0 Å². The molecule has 0 radical (unpaired) electrons. The zero-order valence-corrected chi connectivity index (χ0v) is 16.2. The molecule has 0 spiro atoms. The number of nitrogens with one attached hydrogen (secondary N) is 1. The monoisotopic (exact) mass is 414 g/mol. The van der Waals surface area contributed by atoms with Crippen LogP contribution in [-0.2, 0) is 16.6 Å². The number of sulfonamides is 1. The number of aromatic hydroxyl groups is 1. The lowest BCUT2D eigenvalue weighted by molar-refractivity contribution is 0.0693. The number of nitrogens with zero attached hydrogens (tertiary/aromatic N) is 1. The predicted molar refractivity (Wildman–Crippen MR) is 109 cm³/mol. The van der Waals surface area contributed by atoms with E-state index in [-0.39, 0.29) is 6.54 Å². The van der Waals surface area contributed by atoms with Crippen LogP contribution in [0.25, 0.3) is 11.1 Å². The molecule has 3 N–H and O–H groups in total. The number of pyridine rings is 1. The number of hydrogen-bond donors (Lipinski definition) is 3. The molecule has 2 aromatic carbocycles. The summed E-state index contributed by atoms with van der Waals surface area (Å²) in [6, 6.07) is 14.1. The highest BCUT2D eigenvalue weighted by Crippen LogP contribution is 2.27. The summed E-state index contributed by atoms with van der Waals surface area (Å²) in [4.78, 5) is 23.0. The maximum atomic E-state index is 11.8. The fraction of sp³-hybridized carbons (Fsp3) is 0.100. The van der Waals surface area contributed by atoms with Gasteiger partial charge in [0.25, 0.3) is 0 Å². The van der Waals surface area contributed by atoms with Gasteiger partial charge in [-0.2, -0.15) is 0 Å². The highest BCUT2D eigenvalue weighted by molar-refractivity contribution is 7.92. The standard InChI is InChI=1S/C20H18N2O6S/c1-29(27,28)21-15-7-4-6-13(9-15)16-8-3-2-5-14(16)10-22-11-17(20(25)26)19(24)18(23)12-22/h2-9,11-12,21,23H,10H2,1H3,(H,25,26). The molecule has 0 aliphatic rings. The quantitative estimate of drug-likeness (QED) is 0.568. The van der Waals surface area contributed by atoms with Crippen LogP contribution in [0.3, 0.4) is 0 Å². The number of rotatable bonds is 6. The number of aromatic carboxylic acids is 1. The molecule has 9 heteroatoms. The van der Waals surface area contributed by atoms with E-state index in [1.54, 1.807) is 24.3 Å². The van der Waals surface area contributed by atoms with Gasteiger partial charge in [-0.25, -0.2) is 13.2 Å². The fourth-order valence-electron chi connectivity index (χ4n) is 2.96. The van der Waals surface area contributed by atoms with Crippen molar-refractivity contribution in [2.75, 3.05) is 11.0 Å². The molecule has 0 unspecified atom stereocenters. The second kappa shape index (κ2) is 7.80. The Bertz CT molecular complexity index is 1250. The van der Waals surface area contributed by atoms with Crippen LogP contribution in [0, 0.1) is 0 Å². The molecule has 8 nitrogen and oxygen atoms in total. The van der Waals surface area contributed by atoms with Crippen LogP contribution in [0.1, 0.15) is 15.9 Å². The Hall–Kier alpha value is -3.59. The average Bonchev–Trinajstić information content (AvgIpc) is 2.63. The van der Waals surface area contributed by atoms with Crippen LogP contribution >= 0.6 is 0 Å². The molecule has 1 aromatic heterocycles. The first-order valence-corrected chi connectivity index (χ1v) is 10.4. The highest BCUT2D eigenvalue weighted by Gasteiger charge is 2.14. The lowest BCUT2D eigenvalue weighted by atomic mass is 9.99. The third kappa shape index (κ3) is 4.82. The first-order valence-electron chi connectivity index (χ1n) is 8.46. The molecular weight excluding hydrogens is 396 g/mol. The molecule has 0 aliphatic heterocycles. The Morgan fingerprint density at radius 2 is 1.83 bits per heavy atom. The molecule has 0 aliphatic carbocycles. The van der Waals surface area contributed by atoms with E-state index in [0.717, 1.165) is 22.9 Å². The summed E-state index contributed by atoms with van der Waals surface area (Å²) in [5, 5.41) is 18.9. The summed E-state index contributed by atoms with van der Waals surface area (Å²) in [7, 11) is -3.42. The second-order valence-corrected chi connectivity index (χ2v) is 8.22. The van der Waals surface area contributed by atoms with Crippen molar-refractivity contribution in [3.05, 3.63) is 82.3 Å². The molecule has 0 fully saturated rings. The van der Waals surface area contributed by atoms with Gasteiger partial charge in [-0.05, 0) is 28.8 Å². The number of hydrogen-bond acceptors (Lipinski definition) is 5. The minimum absolute atomic E-state index is 0.189. The van der Waals surface area contributed by atoms with E-state index < -0.39 is 32.7 Å². The van der Waals surface area contributed by atoms with Crippen molar-refractivity contribution in [1.82, 2.24) is 4.57 Å². The molecule has 0 atom stereocenters. The van der Waals surface area contributed by atoms with E-state index in [1.807, 2.05) is 24.3 Å². The van der Waals surface area contributed by atoms with Gasteiger partial charge in [0.15, 0.2) is 5.75 Å². The smallest absolute Gasteiger partial charge is 0.341 e. The number of benzene rings is 2. The third-order valence-corrected chi connectivity index (χ3v) is 4.74. The van der Waals surface area contributed by atoms with Crippen molar-refractivity contribution in [1.29, 1.82) is 0 Å². The Morgan fingerprint density at radius 1 is 1.10 bits per heavy atom. The molecule has 150 valence electrons. The van der Waals surface area contributed by atoms with Crippen LogP contribution in [0.15, 0.2) is 65.7 Å². The van der Waals surface area contributed by atoms with Gasteiger partial charge in [-0.3, -0.25) is 9.52 Å². The van der Waals surface area contributed by atoms with Crippen LogP contribution < -0.4 is 10.2 Å². The van der Waals surface area contributed by atoms with Gasteiger partial charge in [0.2, 0.25) is 15.5 Å². The number of anilines is 1. The van der Waals surface area contributed by atoms with Crippen molar-refractivity contribution in [2.24, 2.45) is 0 Å². The third-order valence-electron chi connectivity index (χ3n) is 4.14. The van der Waals surface area contributed by atoms with E-state index in [1.165, 1.54) is 17.0 Å². The van der Waals surface area contributed by atoms with E-state index in [9.17, 15) is 23.1 Å². The van der Waals surface area contributed by atoms with Crippen LogP contribution in [0.4, 0.5) is 5.69 Å². The van der Waals surface area contributed by atoms with Gasteiger partial charge < -0.3 is 14.8 Å². The van der Waals surface area contributed by atoms with E-state index in [2.05, 4.69) is 4.72 Å². The molecule has 0 amide bonds. The summed E-state index contributed by atoms with van der Waals surface area (Å²) < 4.78 is 26.8. The molecule has 0 bridgehead atoms. The minimum Gasteiger partial charge on any atom is -0.503 e. The summed E-state index contributed by atoms with van der Waals surface area (Å²) in [6.45, 7) is 0.189. The maximum absolute atomic E-state index is 11.8. The van der Waals surface area contributed by atoms with Gasteiger partial charge in [0, 0.05) is 18.4 Å². The molecule has 29 heavy (non-hydrogen) atoms. The van der Waals surface area contributed by atoms with Crippen molar-refractivity contribution < 1.29 is 23.4 Å². The van der Waals surface area contributed by atoms with Gasteiger partial charge >= 0.3 is 5.97 Å². The second-order valence-electron chi connectivity index (χ2n) is 6.48. The Balaban J connectivity index is 2.02. The van der Waals surface area contributed by atoms with Gasteiger partial charge in [0.1, 0.15) is 5.56 Å². The lowest BCUT2D eigenvalue weighted by Gasteiger charge is -2.14. The number of carboxylic acid groups (broad SMARTS) is 1. The molecule has 1 heterocycles. The topological polar surface area (TPSA) is 126 Å². The van der Waals surface area contributed by atoms with Crippen LogP contribution in [-0.4, -0.2) is 35.4 Å². The highest BCUT2D eigenvalue weighted by atomic mass is 32.2. The summed E-state index contributed by atoms with van der Waals surface area (Å²) in [6.07, 6.45) is 3.41. The average molecular weight is 414 g/mol. The number of carbonyl (C=O) groups is 1. The van der Waals surface area contributed by atoms with Crippen molar-refractivity contribution in [3.8, 4) is 16.9 Å². The summed E-state index contributed by atoms with van der Waals surface area (Å²) in [5.41, 5.74) is 1.26. The first kappa shape index (κ1) is 20.2. The van der Waals surface area contributed by atoms with Crippen molar-refractivity contribution in [2.45, 2.75) is 6.54 Å². The van der Waals surface area contributed by atoms with E-state index in [0.29, 0.717) is 5.69 Å². The Morgan fingerprint density at radius 3 is 2.52 bits per heavy atom. The molecular formula is C20H18N2O6S. The summed E-state index contributed by atoms with van der Waals surface area (Å²) in [5.74, 6) is -2.07. The zero-order chi connectivity index (χ0) is 21.2. The molecule has 0 saturated carbocycles. The van der Waals surface area contributed by atoms with Crippen molar-refractivity contribution >= 4 is 21.7 Å². The maximum Gasteiger partial charge on any atom is 0.341 e. The largest absolute Gasteiger partial charge is 0.503 e. The molecule has 0 saturated heterocycles. The first-order chi connectivity index (χ1) is 13.6. The molecule has 3 aromatic rings. The van der Waals surface area contributed by atoms with E-state index >= 15 is 0 Å². The SMILES string of the molecule is CS(=O)(=O)Nc1cccc(-c2ccccc2Cn2cc(O)c(=O)c(C(=O)O)c2)c1. The number of carboxylic acids is 1. The lowest BCUT2D eigenvalue weighted by Crippen LogP contribution is -2.17. The molecule has 3 rings (SSSR count). The Labute approximate surface area is 166 Å². The Kier molecular flexibility index (Phi) is 5.42. The van der Waals surface area contributed by atoms with E-state index in [4.69, 9.17) is 5.11 Å². The summed E-state index contributed by atoms with van der Waals surface area (Å²) >= 11 is 0. The minimum atomic E-state index is -3.42. The van der Waals surface area contributed by atoms with Gasteiger partial charge in [-0.1, -0.05) is 36.4 Å². The normalized spacial score (nSPS) is 11.2. The predicted octanol–water partition coefficient (Wildman–Crippen LogP) is 2.34. The van der Waals surface area contributed by atoms with Gasteiger partial charge in [-0.15, -0.1) is 0 Å².